The number of benzene rings is 1. The van der Waals surface area contributed by atoms with Crippen molar-refractivity contribution in [1.82, 2.24) is 10.3 Å². The molecule has 1 fully saturated rings. The van der Waals surface area contributed by atoms with Crippen molar-refractivity contribution >= 4 is 34.5 Å². The summed E-state index contributed by atoms with van der Waals surface area (Å²) in [5, 5.41) is 12.6. The number of nitrogens with one attached hydrogen (secondary N) is 1. The normalized spacial score (nSPS) is 15.1. The maximum Gasteiger partial charge on any atom is 0.355 e. The van der Waals surface area contributed by atoms with Gasteiger partial charge in [-0.2, -0.15) is 0 Å². The van der Waals surface area contributed by atoms with Crippen LogP contribution < -0.4 is 10.2 Å². The Kier molecular flexibility index (Phi) is 3.02. The summed E-state index contributed by atoms with van der Waals surface area (Å²) >= 11 is 0. The van der Waals surface area contributed by atoms with Crippen LogP contribution in [0.15, 0.2) is 30.3 Å². The highest BCUT2D eigenvalue weighted by molar-refractivity contribution is 6.07. The second-order valence-electron chi connectivity index (χ2n) is 4.61. The minimum absolute atomic E-state index is 0.118. The molecule has 0 atom stereocenters. The Labute approximate surface area is 119 Å². The fourth-order valence-corrected chi connectivity index (χ4v) is 2.27. The Morgan fingerprint density at radius 3 is 2.76 bits per heavy atom. The van der Waals surface area contributed by atoms with Gasteiger partial charge in [0, 0.05) is 18.4 Å². The second kappa shape index (κ2) is 4.86. The summed E-state index contributed by atoms with van der Waals surface area (Å²) in [4.78, 5) is 39.7. The third-order valence-corrected chi connectivity index (χ3v) is 3.26. The molecule has 0 unspecified atom stereocenters. The van der Waals surface area contributed by atoms with Crippen LogP contribution in [0.1, 0.15) is 16.9 Å². The molecule has 0 bridgehead atoms. The molecule has 1 aromatic carbocycles. The minimum atomic E-state index is -1.17. The molecule has 7 heteroatoms. The number of aromatic carboxylic acids is 1. The van der Waals surface area contributed by atoms with Crippen LogP contribution in [0.25, 0.3) is 10.8 Å². The molecule has 2 N–H and O–H groups in total. The maximum absolute atomic E-state index is 11.8. The number of hydrogen-bond acceptors (Lipinski definition) is 4. The second-order valence-corrected chi connectivity index (χ2v) is 4.61. The number of nitrogens with zero attached hydrogens (tertiary/aromatic N) is 2. The van der Waals surface area contributed by atoms with Crippen molar-refractivity contribution in [3.8, 4) is 0 Å². The number of imide groups is 1. The number of rotatable bonds is 2. The van der Waals surface area contributed by atoms with Crippen LogP contribution in [0, 0.1) is 0 Å². The number of hydrogen-bond donors (Lipinski definition) is 2. The van der Waals surface area contributed by atoms with E-state index in [1.165, 1.54) is 4.90 Å². The molecule has 3 amide bonds. The fraction of sp³-hybridized carbons (Fsp3) is 0.143. The van der Waals surface area contributed by atoms with Crippen LogP contribution in [-0.2, 0) is 4.79 Å². The van der Waals surface area contributed by atoms with Crippen LogP contribution in [0.2, 0.25) is 0 Å². The molecule has 7 nitrogen and oxygen atoms in total. The van der Waals surface area contributed by atoms with E-state index in [9.17, 15) is 19.5 Å². The summed E-state index contributed by atoms with van der Waals surface area (Å²) in [6.07, 6.45) is 0.155. The molecule has 2 aromatic rings. The molecule has 0 spiro atoms. The zero-order chi connectivity index (χ0) is 15.0. The summed E-state index contributed by atoms with van der Waals surface area (Å²) in [6, 6.07) is 7.96. The predicted octanol–water partition coefficient (Wildman–Crippen LogP) is 1.38. The standard InChI is InChI=1S/C14H11N3O4/c18-11-5-6-17(14(21)16-11)10-7-8-3-1-2-4-9(8)12(15-10)13(19)20/h1-4,7H,5-6H2,(H,19,20)(H,16,18,21). The molecule has 0 saturated carbocycles. The van der Waals surface area contributed by atoms with Gasteiger partial charge in [0.1, 0.15) is 5.82 Å². The molecule has 1 saturated heterocycles. The van der Waals surface area contributed by atoms with E-state index in [1.807, 2.05) is 0 Å². The molecule has 0 aliphatic carbocycles. The topological polar surface area (TPSA) is 99.6 Å². The first kappa shape index (κ1) is 13.0. The van der Waals surface area contributed by atoms with Gasteiger partial charge >= 0.3 is 12.0 Å². The molecule has 1 aliphatic rings. The maximum atomic E-state index is 11.8. The lowest BCUT2D eigenvalue weighted by atomic mass is 10.1. The van der Waals surface area contributed by atoms with E-state index >= 15 is 0 Å². The zero-order valence-electron chi connectivity index (χ0n) is 10.9. The first-order valence-electron chi connectivity index (χ1n) is 6.30. The quantitative estimate of drug-likeness (QED) is 0.868. The number of anilines is 1. The monoisotopic (exact) mass is 285 g/mol. The Morgan fingerprint density at radius 1 is 1.29 bits per heavy atom. The molecule has 21 heavy (non-hydrogen) atoms. The average molecular weight is 285 g/mol. The smallest absolute Gasteiger partial charge is 0.355 e. The number of carboxylic acids is 1. The van der Waals surface area contributed by atoms with Crippen LogP contribution in [0.4, 0.5) is 10.6 Å². The molecule has 3 rings (SSSR count). The highest BCUT2D eigenvalue weighted by Crippen LogP contribution is 2.24. The summed E-state index contributed by atoms with van der Waals surface area (Å²) in [5.41, 5.74) is -0.118. The number of aromatic nitrogens is 1. The van der Waals surface area contributed by atoms with Gasteiger partial charge in [-0.3, -0.25) is 15.0 Å². The van der Waals surface area contributed by atoms with Crippen molar-refractivity contribution in [3.05, 3.63) is 36.0 Å². The summed E-state index contributed by atoms with van der Waals surface area (Å²) < 4.78 is 0. The zero-order valence-corrected chi connectivity index (χ0v) is 10.9. The lowest BCUT2D eigenvalue weighted by Crippen LogP contribution is -2.50. The third-order valence-electron chi connectivity index (χ3n) is 3.26. The van der Waals surface area contributed by atoms with Crippen molar-refractivity contribution in [1.29, 1.82) is 0 Å². The van der Waals surface area contributed by atoms with E-state index in [0.29, 0.717) is 10.8 Å². The van der Waals surface area contributed by atoms with Crippen molar-refractivity contribution in [3.63, 3.8) is 0 Å². The van der Waals surface area contributed by atoms with Crippen LogP contribution in [-0.4, -0.2) is 34.5 Å². The van der Waals surface area contributed by atoms with Crippen molar-refractivity contribution < 1.29 is 19.5 Å². The Hall–Kier alpha value is -2.96. The van der Waals surface area contributed by atoms with Gasteiger partial charge < -0.3 is 5.11 Å². The molecular formula is C14H11N3O4. The van der Waals surface area contributed by atoms with Gasteiger partial charge in [-0.15, -0.1) is 0 Å². The highest BCUT2D eigenvalue weighted by atomic mass is 16.4. The molecule has 106 valence electrons. The van der Waals surface area contributed by atoms with E-state index in [4.69, 9.17) is 0 Å². The van der Waals surface area contributed by atoms with Gasteiger partial charge in [-0.25, -0.2) is 14.6 Å². The van der Waals surface area contributed by atoms with Crippen LogP contribution in [0.3, 0.4) is 0 Å². The van der Waals surface area contributed by atoms with Gasteiger partial charge in [-0.05, 0) is 11.5 Å². The third kappa shape index (κ3) is 2.29. The Bertz CT molecular complexity index is 772. The molecular weight excluding hydrogens is 274 g/mol. The first-order chi connectivity index (χ1) is 10.1. The largest absolute Gasteiger partial charge is 0.476 e. The number of carbonyl (C=O) groups excluding carboxylic acids is 2. The molecule has 1 aromatic heterocycles. The predicted molar refractivity (Wildman–Crippen MR) is 74.2 cm³/mol. The molecule has 0 radical (unpaired) electrons. The van der Waals surface area contributed by atoms with Gasteiger partial charge in [0.15, 0.2) is 5.69 Å². The number of urea groups is 1. The van der Waals surface area contributed by atoms with Crippen LogP contribution in [0.5, 0.6) is 0 Å². The Morgan fingerprint density at radius 2 is 2.05 bits per heavy atom. The van der Waals surface area contributed by atoms with E-state index in [1.54, 1.807) is 30.3 Å². The average Bonchev–Trinajstić information content (AvgIpc) is 2.46. The van der Waals surface area contributed by atoms with Crippen molar-refractivity contribution in [2.75, 3.05) is 11.4 Å². The minimum Gasteiger partial charge on any atom is -0.476 e. The van der Waals surface area contributed by atoms with Crippen molar-refractivity contribution in [2.45, 2.75) is 6.42 Å². The SMILES string of the molecule is O=C1CCN(c2cc3ccccc3c(C(=O)O)n2)C(=O)N1. The lowest BCUT2D eigenvalue weighted by molar-refractivity contribution is -0.120. The van der Waals surface area contributed by atoms with E-state index in [-0.39, 0.29) is 30.4 Å². The summed E-state index contributed by atoms with van der Waals surface area (Å²) in [7, 11) is 0. The number of pyridine rings is 1. The van der Waals surface area contributed by atoms with Crippen molar-refractivity contribution in [2.24, 2.45) is 0 Å². The number of carboxylic acid groups (broad SMARTS) is 1. The van der Waals surface area contributed by atoms with Gasteiger partial charge in [0.25, 0.3) is 0 Å². The Balaban J connectivity index is 2.13. The van der Waals surface area contributed by atoms with E-state index < -0.39 is 12.0 Å². The van der Waals surface area contributed by atoms with Crippen LogP contribution >= 0.6 is 0 Å². The summed E-state index contributed by atoms with van der Waals surface area (Å²) in [5.74, 6) is -1.30. The number of fused-ring (bicyclic) bond motifs is 1. The fourth-order valence-electron chi connectivity index (χ4n) is 2.27. The molecule has 2 heterocycles. The van der Waals surface area contributed by atoms with Gasteiger partial charge in [0.2, 0.25) is 5.91 Å². The van der Waals surface area contributed by atoms with Gasteiger partial charge in [0.05, 0.1) is 0 Å². The van der Waals surface area contributed by atoms with E-state index in [0.717, 1.165) is 0 Å². The first-order valence-corrected chi connectivity index (χ1v) is 6.30. The van der Waals surface area contributed by atoms with E-state index in [2.05, 4.69) is 10.3 Å². The summed E-state index contributed by atoms with van der Waals surface area (Å²) in [6.45, 7) is 0.176. The molecule has 1 aliphatic heterocycles. The highest BCUT2D eigenvalue weighted by Gasteiger charge is 2.26. The number of carbonyl (C=O) groups is 3. The number of amides is 3. The lowest BCUT2D eigenvalue weighted by Gasteiger charge is -2.26. The van der Waals surface area contributed by atoms with Gasteiger partial charge in [-0.1, -0.05) is 24.3 Å².